The van der Waals surface area contributed by atoms with Gasteiger partial charge in [-0.15, -0.1) is 0 Å². The van der Waals surface area contributed by atoms with E-state index < -0.39 is 12.6 Å². The molecular weight excluding hydrogens is 376 g/mol. The van der Waals surface area contributed by atoms with E-state index in [-0.39, 0.29) is 17.5 Å². The van der Waals surface area contributed by atoms with Gasteiger partial charge in [0.1, 0.15) is 23.9 Å². The molecular formula is C22H24O7. The Hall–Kier alpha value is -3.06. The minimum atomic E-state index is -0.592. The summed E-state index contributed by atoms with van der Waals surface area (Å²) in [6, 6.07) is 11.5. The summed E-state index contributed by atoms with van der Waals surface area (Å²) >= 11 is 0. The molecule has 0 amide bonds. The molecule has 1 heterocycles. The van der Waals surface area contributed by atoms with Gasteiger partial charge in [0.2, 0.25) is 5.78 Å². The quantitative estimate of drug-likeness (QED) is 0.472. The first-order valence-electron chi connectivity index (χ1n) is 9.37. The van der Waals surface area contributed by atoms with Crippen LogP contribution in [0.15, 0.2) is 42.5 Å². The van der Waals surface area contributed by atoms with Gasteiger partial charge in [-0.3, -0.25) is 4.79 Å². The highest BCUT2D eigenvalue weighted by Gasteiger charge is 2.18. The first kappa shape index (κ1) is 20.7. The van der Waals surface area contributed by atoms with E-state index in [0.717, 1.165) is 19.4 Å². The van der Waals surface area contributed by atoms with Crippen LogP contribution in [0.5, 0.6) is 17.2 Å². The smallest absolute Gasteiger partial charge is 0.338 e. The van der Waals surface area contributed by atoms with Gasteiger partial charge in [-0.2, -0.15) is 0 Å². The second-order valence-electron chi connectivity index (χ2n) is 6.54. The Kier molecular flexibility index (Phi) is 7.08. The molecule has 29 heavy (non-hydrogen) atoms. The van der Waals surface area contributed by atoms with Crippen LogP contribution in [0.1, 0.15) is 33.6 Å². The maximum atomic E-state index is 12.4. The number of carbonyl (C=O) groups excluding carboxylic acids is 2. The number of ether oxygens (including phenoxy) is 5. The normalized spacial score (nSPS) is 15.6. The Balaban J connectivity index is 1.54. The number of rotatable bonds is 9. The van der Waals surface area contributed by atoms with Crippen molar-refractivity contribution in [2.45, 2.75) is 18.9 Å². The fourth-order valence-corrected chi connectivity index (χ4v) is 2.98. The molecule has 7 heteroatoms. The summed E-state index contributed by atoms with van der Waals surface area (Å²) in [5, 5.41) is 0. The molecule has 0 radical (unpaired) electrons. The summed E-state index contributed by atoms with van der Waals surface area (Å²) in [7, 11) is 2.97. The molecule has 0 bridgehead atoms. The lowest BCUT2D eigenvalue weighted by molar-refractivity contribution is 0.0473. The molecule has 1 aliphatic rings. The molecule has 7 nitrogen and oxygen atoms in total. The lowest BCUT2D eigenvalue weighted by Crippen LogP contribution is -2.16. The second-order valence-corrected chi connectivity index (χ2v) is 6.54. The van der Waals surface area contributed by atoms with Crippen LogP contribution in [-0.2, 0) is 9.47 Å². The van der Waals surface area contributed by atoms with Crippen molar-refractivity contribution in [1.29, 1.82) is 0 Å². The number of methoxy groups -OCH3 is 2. The standard InChI is InChI=1S/C22H24O7/c1-25-17-9-10-21(26-2)19(12-17)20(23)14-29-22(24)15-5-7-16(8-6-15)28-13-18-4-3-11-27-18/h5-10,12,18H,3-4,11,13-14H2,1-2H3/t18-/m1/s1. The molecule has 154 valence electrons. The molecule has 1 atom stereocenters. The van der Waals surface area contributed by atoms with Crippen molar-refractivity contribution in [1.82, 2.24) is 0 Å². The highest BCUT2D eigenvalue weighted by Crippen LogP contribution is 2.24. The fourth-order valence-electron chi connectivity index (χ4n) is 2.98. The Bertz CT molecular complexity index is 839. The fraction of sp³-hybridized carbons (Fsp3) is 0.364. The SMILES string of the molecule is COc1ccc(OC)c(C(=O)COC(=O)c2ccc(OC[C@H]3CCCO3)cc2)c1. The van der Waals surface area contributed by atoms with Gasteiger partial charge in [-0.1, -0.05) is 0 Å². The zero-order chi connectivity index (χ0) is 20.6. The minimum absolute atomic E-state index is 0.124. The van der Waals surface area contributed by atoms with Crippen molar-refractivity contribution in [3.8, 4) is 17.2 Å². The van der Waals surface area contributed by atoms with E-state index in [1.807, 2.05) is 0 Å². The van der Waals surface area contributed by atoms with Gasteiger partial charge in [-0.05, 0) is 55.3 Å². The van der Waals surface area contributed by atoms with Gasteiger partial charge in [0, 0.05) is 6.61 Å². The number of benzene rings is 2. The predicted molar refractivity (Wildman–Crippen MR) is 105 cm³/mol. The van der Waals surface area contributed by atoms with Crippen LogP contribution in [0.3, 0.4) is 0 Å². The summed E-state index contributed by atoms with van der Waals surface area (Å²) in [4.78, 5) is 24.7. The van der Waals surface area contributed by atoms with Gasteiger partial charge >= 0.3 is 5.97 Å². The maximum Gasteiger partial charge on any atom is 0.338 e. The molecule has 0 spiro atoms. The monoisotopic (exact) mass is 400 g/mol. The summed E-state index contributed by atoms with van der Waals surface area (Å²) in [5.41, 5.74) is 0.623. The van der Waals surface area contributed by atoms with Crippen LogP contribution in [0, 0.1) is 0 Å². The Morgan fingerprint density at radius 2 is 1.79 bits per heavy atom. The number of esters is 1. The van der Waals surface area contributed by atoms with Crippen LogP contribution < -0.4 is 14.2 Å². The highest BCUT2D eigenvalue weighted by atomic mass is 16.5. The highest BCUT2D eigenvalue weighted by molar-refractivity contribution is 6.01. The van der Waals surface area contributed by atoms with E-state index in [9.17, 15) is 9.59 Å². The molecule has 2 aromatic rings. The average Bonchev–Trinajstić information content (AvgIpc) is 3.29. The average molecular weight is 400 g/mol. The molecule has 1 saturated heterocycles. The predicted octanol–water partition coefficient (Wildman–Crippen LogP) is 3.30. The van der Waals surface area contributed by atoms with Gasteiger partial charge < -0.3 is 23.7 Å². The van der Waals surface area contributed by atoms with Crippen LogP contribution in [0.2, 0.25) is 0 Å². The third-order valence-corrected chi connectivity index (χ3v) is 4.59. The first-order chi connectivity index (χ1) is 14.1. The molecule has 0 aromatic heterocycles. The van der Waals surface area contributed by atoms with Gasteiger partial charge in [0.25, 0.3) is 0 Å². The second kappa shape index (κ2) is 9.93. The molecule has 1 aliphatic heterocycles. The number of ketones is 1. The van der Waals surface area contributed by atoms with Crippen molar-refractivity contribution < 1.29 is 33.3 Å². The van der Waals surface area contributed by atoms with Gasteiger partial charge in [0.15, 0.2) is 6.61 Å². The van der Waals surface area contributed by atoms with E-state index in [1.165, 1.54) is 14.2 Å². The van der Waals surface area contributed by atoms with E-state index in [2.05, 4.69) is 0 Å². The third-order valence-electron chi connectivity index (χ3n) is 4.59. The Labute approximate surface area is 169 Å². The molecule has 0 unspecified atom stereocenters. The molecule has 1 fully saturated rings. The van der Waals surface area contributed by atoms with E-state index in [4.69, 9.17) is 23.7 Å². The number of carbonyl (C=O) groups is 2. The summed E-state index contributed by atoms with van der Waals surface area (Å²) in [6.45, 7) is 0.861. The number of hydrogen-bond donors (Lipinski definition) is 0. The Morgan fingerprint density at radius 3 is 2.45 bits per heavy atom. The topological polar surface area (TPSA) is 80.3 Å². The third kappa shape index (κ3) is 5.48. The maximum absolute atomic E-state index is 12.4. The van der Waals surface area contributed by atoms with Crippen molar-refractivity contribution in [2.24, 2.45) is 0 Å². The lowest BCUT2D eigenvalue weighted by atomic mass is 10.1. The van der Waals surface area contributed by atoms with Crippen molar-refractivity contribution in [3.05, 3.63) is 53.6 Å². The summed E-state index contributed by atoms with van der Waals surface area (Å²) in [6.07, 6.45) is 2.18. The lowest BCUT2D eigenvalue weighted by Gasteiger charge is -2.12. The van der Waals surface area contributed by atoms with Crippen molar-refractivity contribution in [2.75, 3.05) is 34.0 Å². The zero-order valence-electron chi connectivity index (χ0n) is 16.5. The van der Waals surface area contributed by atoms with E-state index in [1.54, 1.807) is 42.5 Å². The summed E-state index contributed by atoms with van der Waals surface area (Å²) < 4.78 is 26.7. The zero-order valence-corrected chi connectivity index (χ0v) is 16.5. The Morgan fingerprint density at radius 1 is 1.03 bits per heavy atom. The van der Waals surface area contributed by atoms with Crippen LogP contribution >= 0.6 is 0 Å². The summed E-state index contributed by atoms with van der Waals surface area (Å²) in [5.74, 6) is 0.574. The molecule has 3 rings (SSSR count). The van der Waals surface area contributed by atoms with Gasteiger partial charge in [-0.25, -0.2) is 4.79 Å². The first-order valence-corrected chi connectivity index (χ1v) is 9.37. The molecule has 0 N–H and O–H groups in total. The molecule has 2 aromatic carbocycles. The molecule has 0 aliphatic carbocycles. The van der Waals surface area contributed by atoms with Crippen molar-refractivity contribution in [3.63, 3.8) is 0 Å². The van der Waals surface area contributed by atoms with Gasteiger partial charge in [0.05, 0.1) is 31.5 Å². The van der Waals surface area contributed by atoms with E-state index >= 15 is 0 Å². The van der Waals surface area contributed by atoms with Crippen LogP contribution in [0.25, 0.3) is 0 Å². The van der Waals surface area contributed by atoms with E-state index in [0.29, 0.717) is 29.4 Å². The largest absolute Gasteiger partial charge is 0.497 e. The number of Topliss-reactive ketones (excluding diaryl/α,β-unsaturated/α-hetero) is 1. The van der Waals surface area contributed by atoms with Crippen LogP contribution in [-0.4, -0.2) is 51.9 Å². The van der Waals surface area contributed by atoms with Crippen molar-refractivity contribution >= 4 is 11.8 Å². The minimum Gasteiger partial charge on any atom is -0.497 e. The van der Waals surface area contributed by atoms with Crippen LogP contribution in [0.4, 0.5) is 0 Å². The number of hydrogen-bond acceptors (Lipinski definition) is 7. The molecule has 0 saturated carbocycles.